The summed E-state index contributed by atoms with van der Waals surface area (Å²) in [7, 11) is 0. The quantitative estimate of drug-likeness (QED) is 0.676. The molecule has 0 spiro atoms. The molecule has 1 aliphatic heterocycles. The van der Waals surface area contributed by atoms with Crippen molar-refractivity contribution in [3.63, 3.8) is 0 Å². The van der Waals surface area contributed by atoms with E-state index in [4.69, 9.17) is 5.73 Å². The van der Waals surface area contributed by atoms with Crippen molar-refractivity contribution in [2.45, 2.75) is 25.1 Å². The first-order valence-electron chi connectivity index (χ1n) is 9.50. The number of aromatic nitrogens is 2. The Morgan fingerprint density at radius 1 is 1.07 bits per heavy atom. The van der Waals surface area contributed by atoms with E-state index in [1.807, 2.05) is 6.07 Å². The fourth-order valence-corrected chi connectivity index (χ4v) is 3.77. The molecule has 5 nitrogen and oxygen atoms in total. The van der Waals surface area contributed by atoms with Crippen LogP contribution in [0.2, 0.25) is 0 Å². The van der Waals surface area contributed by atoms with Gasteiger partial charge < -0.3 is 10.6 Å². The van der Waals surface area contributed by atoms with Gasteiger partial charge in [0, 0.05) is 23.9 Å². The summed E-state index contributed by atoms with van der Waals surface area (Å²) in [4.78, 5) is 23.2. The lowest BCUT2D eigenvalue weighted by atomic mass is 9.98. The van der Waals surface area contributed by atoms with Crippen molar-refractivity contribution in [2.75, 3.05) is 12.3 Å². The lowest BCUT2D eigenvalue weighted by molar-refractivity contribution is -0.137. The minimum atomic E-state index is -4.41. The van der Waals surface area contributed by atoms with Crippen LogP contribution in [-0.4, -0.2) is 27.3 Å². The molecule has 0 radical (unpaired) electrons. The van der Waals surface area contributed by atoms with Gasteiger partial charge in [-0.2, -0.15) is 13.2 Å². The van der Waals surface area contributed by atoms with Crippen LogP contribution in [0.4, 0.5) is 19.1 Å². The van der Waals surface area contributed by atoms with Crippen molar-refractivity contribution in [3.05, 3.63) is 77.6 Å². The van der Waals surface area contributed by atoms with E-state index in [0.717, 1.165) is 18.6 Å². The lowest BCUT2D eigenvalue weighted by Crippen LogP contribution is -2.31. The molecule has 8 heteroatoms. The molecule has 154 valence electrons. The van der Waals surface area contributed by atoms with Gasteiger partial charge in [0.25, 0.3) is 5.91 Å². The standard InChI is InChI=1S/C22H19F3N4O/c23-22(24,25)16-10-8-14(9-11-16)17-13-27-21(26)28-19(17)18-7-4-12-29(18)20(30)15-5-2-1-3-6-15/h1-3,5-6,8-11,13,18H,4,7,12H2,(H2,26,27,28)/t18-/m1/s1. The molecular weight excluding hydrogens is 393 g/mol. The summed E-state index contributed by atoms with van der Waals surface area (Å²) in [5, 5.41) is 0. The molecule has 3 aromatic rings. The number of halogens is 3. The number of rotatable bonds is 3. The maximum absolute atomic E-state index is 13.0. The topological polar surface area (TPSA) is 72.1 Å². The Kier molecular flexibility index (Phi) is 5.15. The average Bonchev–Trinajstić information content (AvgIpc) is 3.23. The normalized spacial score (nSPS) is 16.6. The minimum Gasteiger partial charge on any atom is -0.368 e. The first-order chi connectivity index (χ1) is 14.3. The predicted molar refractivity (Wildman–Crippen MR) is 106 cm³/mol. The number of hydrogen-bond acceptors (Lipinski definition) is 4. The smallest absolute Gasteiger partial charge is 0.368 e. The number of benzene rings is 2. The zero-order valence-electron chi connectivity index (χ0n) is 15.9. The number of nitrogen functional groups attached to an aromatic ring is 1. The number of amides is 1. The minimum absolute atomic E-state index is 0.0553. The van der Waals surface area contributed by atoms with Crippen LogP contribution in [0.3, 0.4) is 0 Å². The molecule has 0 unspecified atom stereocenters. The zero-order valence-corrected chi connectivity index (χ0v) is 15.9. The SMILES string of the molecule is Nc1ncc(-c2ccc(C(F)(F)F)cc2)c([C@H]2CCCN2C(=O)c2ccccc2)n1. The summed E-state index contributed by atoms with van der Waals surface area (Å²) in [6.07, 6.45) is -1.44. The number of carbonyl (C=O) groups excluding carboxylic acids is 1. The van der Waals surface area contributed by atoms with Gasteiger partial charge in [0.2, 0.25) is 5.95 Å². The highest BCUT2D eigenvalue weighted by Crippen LogP contribution is 2.38. The summed E-state index contributed by atoms with van der Waals surface area (Å²) in [5.74, 6) is -0.0617. The molecule has 1 saturated heterocycles. The van der Waals surface area contributed by atoms with Gasteiger partial charge in [0.15, 0.2) is 0 Å². The Morgan fingerprint density at radius 3 is 2.43 bits per heavy atom. The van der Waals surface area contributed by atoms with Crippen LogP contribution in [0, 0.1) is 0 Å². The van der Waals surface area contributed by atoms with Crippen molar-refractivity contribution in [1.82, 2.24) is 14.9 Å². The number of nitrogens with zero attached hydrogens (tertiary/aromatic N) is 3. The van der Waals surface area contributed by atoms with Crippen LogP contribution in [0.1, 0.15) is 40.5 Å². The average molecular weight is 412 g/mol. The van der Waals surface area contributed by atoms with E-state index in [2.05, 4.69) is 9.97 Å². The second kappa shape index (κ2) is 7.78. The van der Waals surface area contributed by atoms with Crippen molar-refractivity contribution < 1.29 is 18.0 Å². The van der Waals surface area contributed by atoms with E-state index < -0.39 is 11.7 Å². The molecule has 2 N–H and O–H groups in total. The maximum Gasteiger partial charge on any atom is 0.416 e. The number of likely N-dealkylation sites (tertiary alicyclic amines) is 1. The number of alkyl halides is 3. The van der Waals surface area contributed by atoms with E-state index in [-0.39, 0.29) is 17.9 Å². The highest BCUT2D eigenvalue weighted by Gasteiger charge is 2.34. The van der Waals surface area contributed by atoms with Gasteiger partial charge in [-0.05, 0) is 42.7 Å². The fraction of sp³-hybridized carbons (Fsp3) is 0.227. The third kappa shape index (κ3) is 3.85. The van der Waals surface area contributed by atoms with Crippen LogP contribution in [0.15, 0.2) is 60.8 Å². The maximum atomic E-state index is 13.0. The highest BCUT2D eigenvalue weighted by molar-refractivity contribution is 5.94. The Balaban J connectivity index is 1.72. The van der Waals surface area contributed by atoms with Gasteiger partial charge in [-0.25, -0.2) is 9.97 Å². The second-order valence-corrected chi connectivity index (χ2v) is 7.12. The Labute approximate surface area is 171 Å². The van der Waals surface area contributed by atoms with Crippen LogP contribution in [-0.2, 0) is 6.18 Å². The van der Waals surface area contributed by atoms with Crippen molar-refractivity contribution in [2.24, 2.45) is 0 Å². The molecule has 0 bridgehead atoms. The Bertz CT molecular complexity index is 1050. The van der Waals surface area contributed by atoms with Crippen LogP contribution >= 0.6 is 0 Å². The number of hydrogen-bond donors (Lipinski definition) is 1. The van der Waals surface area contributed by atoms with E-state index in [1.165, 1.54) is 18.3 Å². The lowest BCUT2D eigenvalue weighted by Gasteiger charge is -2.26. The summed E-state index contributed by atoms with van der Waals surface area (Å²) >= 11 is 0. The molecule has 2 aromatic carbocycles. The molecular formula is C22H19F3N4O. The summed E-state index contributed by atoms with van der Waals surface area (Å²) in [6, 6.07) is 13.4. The Morgan fingerprint density at radius 2 is 1.77 bits per heavy atom. The summed E-state index contributed by atoms with van der Waals surface area (Å²) in [5.41, 5.74) is 7.30. The Hall–Kier alpha value is -3.42. The van der Waals surface area contributed by atoms with Crippen molar-refractivity contribution >= 4 is 11.9 Å². The van der Waals surface area contributed by atoms with Gasteiger partial charge >= 0.3 is 6.18 Å². The largest absolute Gasteiger partial charge is 0.416 e. The predicted octanol–water partition coefficient (Wildman–Crippen LogP) is 4.72. The van der Waals surface area contributed by atoms with Crippen molar-refractivity contribution in [3.8, 4) is 11.1 Å². The van der Waals surface area contributed by atoms with Gasteiger partial charge in [-0.3, -0.25) is 4.79 Å². The molecule has 1 aromatic heterocycles. The summed E-state index contributed by atoms with van der Waals surface area (Å²) < 4.78 is 38.7. The molecule has 30 heavy (non-hydrogen) atoms. The van der Waals surface area contributed by atoms with Gasteiger partial charge in [-0.15, -0.1) is 0 Å². The monoisotopic (exact) mass is 412 g/mol. The van der Waals surface area contributed by atoms with E-state index >= 15 is 0 Å². The van der Waals surface area contributed by atoms with Crippen LogP contribution in [0.25, 0.3) is 11.1 Å². The first-order valence-corrected chi connectivity index (χ1v) is 9.50. The number of carbonyl (C=O) groups is 1. The zero-order chi connectivity index (χ0) is 21.3. The molecule has 1 aliphatic rings. The van der Waals surface area contributed by atoms with Crippen LogP contribution in [0.5, 0.6) is 0 Å². The second-order valence-electron chi connectivity index (χ2n) is 7.12. The molecule has 0 saturated carbocycles. The molecule has 2 heterocycles. The fourth-order valence-electron chi connectivity index (χ4n) is 3.77. The summed E-state index contributed by atoms with van der Waals surface area (Å²) in [6.45, 7) is 0.564. The first kappa shape index (κ1) is 19.9. The van der Waals surface area contributed by atoms with E-state index in [1.54, 1.807) is 29.2 Å². The molecule has 1 fully saturated rings. The van der Waals surface area contributed by atoms with Crippen LogP contribution < -0.4 is 5.73 Å². The van der Waals surface area contributed by atoms with E-state index in [9.17, 15) is 18.0 Å². The molecule has 1 amide bonds. The number of anilines is 1. The van der Waals surface area contributed by atoms with Gasteiger partial charge in [0.05, 0.1) is 17.3 Å². The third-order valence-corrected chi connectivity index (χ3v) is 5.21. The molecule has 4 rings (SSSR count). The van der Waals surface area contributed by atoms with Crippen molar-refractivity contribution in [1.29, 1.82) is 0 Å². The third-order valence-electron chi connectivity index (χ3n) is 5.21. The molecule has 0 aliphatic carbocycles. The van der Waals surface area contributed by atoms with Gasteiger partial charge in [-0.1, -0.05) is 30.3 Å². The van der Waals surface area contributed by atoms with Gasteiger partial charge in [0.1, 0.15) is 0 Å². The van der Waals surface area contributed by atoms with E-state index in [0.29, 0.717) is 35.3 Å². The highest BCUT2D eigenvalue weighted by atomic mass is 19.4. The molecule has 1 atom stereocenters. The number of nitrogens with two attached hydrogens (primary N) is 1.